The SMILES string of the molecule is CCNCCCNS(=O)(=O)c1ccc(F)cc1F. The molecule has 2 N–H and O–H groups in total. The molecule has 0 fully saturated rings. The molecule has 18 heavy (non-hydrogen) atoms. The maximum absolute atomic E-state index is 13.3. The van der Waals surface area contributed by atoms with Crippen LogP contribution in [0.5, 0.6) is 0 Å². The Balaban J connectivity index is 2.63. The highest BCUT2D eigenvalue weighted by molar-refractivity contribution is 7.89. The van der Waals surface area contributed by atoms with Gasteiger partial charge in [0, 0.05) is 12.6 Å². The van der Waals surface area contributed by atoms with Crippen LogP contribution >= 0.6 is 0 Å². The van der Waals surface area contributed by atoms with E-state index in [1.54, 1.807) is 0 Å². The van der Waals surface area contributed by atoms with E-state index in [9.17, 15) is 17.2 Å². The van der Waals surface area contributed by atoms with Crippen LogP contribution in [0.3, 0.4) is 0 Å². The molecule has 0 saturated heterocycles. The van der Waals surface area contributed by atoms with E-state index in [2.05, 4.69) is 10.0 Å². The lowest BCUT2D eigenvalue weighted by Crippen LogP contribution is -2.28. The maximum atomic E-state index is 13.3. The number of rotatable bonds is 7. The molecule has 0 heterocycles. The van der Waals surface area contributed by atoms with Crippen molar-refractivity contribution in [2.45, 2.75) is 18.2 Å². The summed E-state index contributed by atoms with van der Waals surface area (Å²) >= 11 is 0. The number of hydrogen-bond acceptors (Lipinski definition) is 3. The monoisotopic (exact) mass is 278 g/mol. The predicted molar refractivity (Wildman–Crippen MR) is 64.7 cm³/mol. The van der Waals surface area contributed by atoms with E-state index in [1.807, 2.05) is 6.92 Å². The third-order valence-corrected chi connectivity index (χ3v) is 3.75. The summed E-state index contributed by atoms with van der Waals surface area (Å²) in [5.41, 5.74) is 0. The fourth-order valence-electron chi connectivity index (χ4n) is 1.37. The fourth-order valence-corrected chi connectivity index (χ4v) is 2.50. The van der Waals surface area contributed by atoms with Crippen LogP contribution < -0.4 is 10.0 Å². The van der Waals surface area contributed by atoms with E-state index >= 15 is 0 Å². The minimum atomic E-state index is -3.91. The summed E-state index contributed by atoms with van der Waals surface area (Å²) in [4.78, 5) is -0.535. The van der Waals surface area contributed by atoms with Gasteiger partial charge in [0.25, 0.3) is 0 Å². The van der Waals surface area contributed by atoms with Gasteiger partial charge < -0.3 is 5.32 Å². The summed E-state index contributed by atoms with van der Waals surface area (Å²) < 4.78 is 51.6. The average molecular weight is 278 g/mol. The van der Waals surface area contributed by atoms with Crippen molar-refractivity contribution in [1.29, 1.82) is 0 Å². The first-order valence-electron chi connectivity index (χ1n) is 5.63. The molecule has 1 aromatic carbocycles. The second kappa shape index (κ2) is 6.77. The summed E-state index contributed by atoms with van der Waals surface area (Å²) in [5, 5.41) is 3.03. The molecule has 7 heteroatoms. The third-order valence-electron chi connectivity index (χ3n) is 2.26. The molecule has 0 saturated carbocycles. The molecule has 1 aromatic rings. The summed E-state index contributed by atoms with van der Waals surface area (Å²) in [6.45, 7) is 3.62. The van der Waals surface area contributed by atoms with Crippen molar-refractivity contribution in [3.63, 3.8) is 0 Å². The second-order valence-corrected chi connectivity index (χ2v) is 5.42. The Morgan fingerprint density at radius 1 is 1.22 bits per heavy atom. The van der Waals surface area contributed by atoms with Crippen LogP contribution in [0.4, 0.5) is 8.78 Å². The van der Waals surface area contributed by atoms with Crippen molar-refractivity contribution < 1.29 is 17.2 Å². The van der Waals surface area contributed by atoms with Crippen LogP contribution in [0.25, 0.3) is 0 Å². The number of benzene rings is 1. The van der Waals surface area contributed by atoms with Gasteiger partial charge in [-0.25, -0.2) is 21.9 Å². The van der Waals surface area contributed by atoms with E-state index in [1.165, 1.54) is 0 Å². The standard InChI is InChI=1S/C11H16F2N2O2S/c1-2-14-6-3-7-15-18(16,17)11-5-4-9(12)8-10(11)13/h4-5,8,14-15H,2-3,6-7H2,1H3. The molecule has 0 amide bonds. The molecule has 1 rings (SSSR count). The number of halogens is 2. The average Bonchev–Trinajstić information content (AvgIpc) is 2.28. The van der Waals surface area contributed by atoms with Crippen LogP contribution in [0.1, 0.15) is 13.3 Å². The lowest BCUT2D eigenvalue weighted by atomic mass is 10.3. The first kappa shape index (κ1) is 15.0. The van der Waals surface area contributed by atoms with E-state index in [-0.39, 0.29) is 6.54 Å². The third kappa shape index (κ3) is 4.32. The second-order valence-electron chi connectivity index (χ2n) is 3.68. The smallest absolute Gasteiger partial charge is 0.243 e. The Hall–Kier alpha value is -1.05. The van der Waals surface area contributed by atoms with Gasteiger partial charge in [-0.1, -0.05) is 6.92 Å². The summed E-state index contributed by atoms with van der Waals surface area (Å²) in [5.74, 6) is -1.90. The molecule has 0 atom stereocenters. The molecular formula is C11H16F2N2O2S. The summed E-state index contributed by atoms with van der Waals surface area (Å²) in [6, 6.07) is 2.38. The normalized spacial score (nSPS) is 11.7. The topological polar surface area (TPSA) is 58.2 Å². The fraction of sp³-hybridized carbons (Fsp3) is 0.455. The van der Waals surface area contributed by atoms with Crippen molar-refractivity contribution in [2.75, 3.05) is 19.6 Å². The summed E-state index contributed by atoms with van der Waals surface area (Å²) in [7, 11) is -3.91. The lowest BCUT2D eigenvalue weighted by Gasteiger charge is -2.07. The van der Waals surface area contributed by atoms with Gasteiger partial charge in [-0.15, -0.1) is 0 Å². The zero-order chi connectivity index (χ0) is 13.6. The lowest BCUT2D eigenvalue weighted by molar-refractivity contribution is 0.541. The molecule has 0 aromatic heterocycles. The highest BCUT2D eigenvalue weighted by atomic mass is 32.2. The van der Waals surface area contributed by atoms with Gasteiger partial charge in [-0.3, -0.25) is 0 Å². The molecule has 102 valence electrons. The Bertz CT molecular complexity index is 492. The Labute approximate surface area is 105 Å². The number of hydrogen-bond donors (Lipinski definition) is 2. The van der Waals surface area contributed by atoms with Crippen LogP contribution in [0.2, 0.25) is 0 Å². The Kier molecular flexibility index (Phi) is 5.64. The van der Waals surface area contributed by atoms with Crippen molar-refractivity contribution in [1.82, 2.24) is 10.0 Å². The van der Waals surface area contributed by atoms with Gasteiger partial charge in [0.05, 0.1) is 0 Å². The highest BCUT2D eigenvalue weighted by Crippen LogP contribution is 2.14. The molecule has 0 spiro atoms. The van der Waals surface area contributed by atoms with E-state index in [4.69, 9.17) is 0 Å². The van der Waals surface area contributed by atoms with E-state index < -0.39 is 26.6 Å². The van der Waals surface area contributed by atoms with Crippen LogP contribution in [-0.2, 0) is 10.0 Å². The van der Waals surface area contributed by atoms with Crippen molar-refractivity contribution >= 4 is 10.0 Å². The first-order valence-corrected chi connectivity index (χ1v) is 7.11. The molecule has 0 aliphatic carbocycles. The van der Waals surface area contributed by atoms with Crippen molar-refractivity contribution in [2.24, 2.45) is 0 Å². The van der Waals surface area contributed by atoms with Gasteiger partial charge in [-0.2, -0.15) is 0 Å². The van der Waals surface area contributed by atoms with Crippen molar-refractivity contribution in [3.8, 4) is 0 Å². The van der Waals surface area contributed by atoms with Crippen LogP contribution in [0, 0.1) is 11.6 Å². The van der Waals surface area contributed by atoms with Gasteiger partial charge in [0.1, 0.15) is 16.5 Å². The van der Waals surface area contributed by atoms with E-state index in [0.717, 1.165) is 18.7 Å². The summed E-state index contributed by atoms with van der Waals surface area (Å²) in [6.07, 6.45) is 0.593. The Morgan fingerprint density at radius 3 is 2.56 bits per heavy atom. The van der Waals surface area contributed by atoms with Gasteiger partial charge in [-0.05, 0) is 31.6 Å². The van der Waals surface area contributed by atoms with Gasteiger partial charge in [0.15, 0.2) is 0 Å². The quantitative estimate of drug-likeness (QED) is 0.738. The maximum Gasteiger partial charge on any atom is 0.243 e. The minimum Gasteiger partial charge on any atom is -0.317 e. The number of sulfonamides is 1. The molecule has 0 radical (unpaired) electrons. The predicted octanol–water partition coefficient (Wildman–Crippen LogP) is 1.24. The first-order chi connectivity index (χ1) is 8.47. The van der Waals surface area contributed by atoms with Gasteiger partial charge in [0.2, 0.25) is 10.0 Å². The van der Waals surface area contributed by atoms with Crippen LogP contribution in [0.15, 0.2) is 23.1 Å². The molecule has 4 nitrogen and oxygen atoms in total. The van der Waals surface area contributed by atoms with E-state index in [0.29, 0.717) is 19.0 Å². The molecule has 0 aliphatic rings. The molecule has 0 bridgehead atoms. The molecular weight excluding hydrogens is 262 g/mol. The minimum absolute atomic E-state index is 0.201. The highest BCUT2D eigenvalue weighted by Gasteiger charge is 2.18. The van der Waals surface area contributed by atoms with Crippen LogP contribution in [-0.4, -0.2) is 28.1 Å². The Morgan fingerprint density at radius 2 is 1.94 bits per heavy atom. The molecule has 0 aliphatic heterocycles. The van der Waals surface area contributed by atoms with Gasteiger partial charge >= 0.3 is 0 Å². The largest absolute Gasteiger partial charge is 0.317 e. The zero-order valence-electron chi connectivity index (χ0n) is 10.0. The zero-order valence-corrected chi connectivity index (χ0v) is 10.9. The van der Waals surface area contributed by atoms with Crippen molar-refractivity contribution in [3.05, 3.63) is 29.8 Å². The molecule has 0 unspecified atom stereocenters. The number of nitrogens with one attached hydrogen (secondary N) is 2.